The van der Waals surface area contributed by atoms with Gasteiger partial charge < -0.3 is 36.2 Å². The van der Waals surface area contributed by atoms with Gasteiger partial charge >= 0.3 is 12.0 Å². The van der Waals surface area contributed by atoms with Gasteiger partial charge in [0.1, 0.15) is 17.1 Å². The van der Waals surface area contributed by atoms with Crippen LogP contribution >= 0.6 is 34.9 Å². The van der Waals surface area contributed by atoms with Crippen LogP contribution in [-0.2, 0) is 19.1 Å². The predicted molar refractivity (Wildman–Crippen MR) is 136 cm³/mol. The van der Waals surface area contributed by atoms with Crippen molar-refractivity contribution in [1.82, 2.24) is 20.6 Å². The van der Waals surface area contributed by atoms with Gasteiger partial charge in [-0.25, -0.2) is 9.59 Å². The van der Waals surface area contributed by atoms with Gasteiger partial charge in [-0.15, -0.1) is 23.1 Å². The van der Waals surface area contributed by atoms with Gasteiger partial charge in [0.2, 0.25) is 0 Å². The molecule has 0 saturated carbocycles. The summed E-state index contributed by atoms with van der Waals surface area (Å²) in [7, 11) is 2.59. The summed E-state index contributed by atoms with van der Waals surface area (Å²) in [4.78, 5) is 52.1. The van der Waals surface area contributed by atoms with E-state index in [4.69, 9.17) is 15.2 Å². The van der Waals surface area contributed by atoms with E-state index in [-0.39, 0.29) is 28.1 Å². The minimum atomic E-state index is -1.87. The number of amides is 4. The van der Waals surface area contributed by atoms with E-state index < -0.39 is 41.0 Å². The molecule has 202 valence electrons. The highest BCUT2D eigenvalue weighted by Crippen LogP contribution is 2.47. The molecule has 3 atom stereocenters. The number of thiophene rings is 1. The number of urea groups is 1. The number of carbonyl (C=O) groups excluding carboxylic acids is 3. The molecular weight excluding hydrogens is 560 g/mol. The summed E-state index contributed by atoms with van der Waals surface area (Å²) < 4.78 is 10.4. The zero-order valence-corrected chi connectivity index (χ0v) is 22.4. The summed E-state index contributed by atoms with van der Waals surface area (Å²) in [6.07, 6.45) is 0. The molecule has 2 unspecified atom stereocenters. The standard InChI is InChI=1S/C21H22N6O8S3/c1-34-12-5-6-13(27(33)25-12)37-8-10-9-38-19-21(35-2,18(31)26(19)15(10)17(29)30)24-16(28)14(23-20(22)32)11-4-3-7-36-11/h3-7,14,19H,8-9H2,1-2H3,(H,24,28)(H,29,30)(H3,22,23,32)/t14?,19?,21-/m1/s1. The molecule has 0 aliphatic carbocycles. The SMILES string of the molecule is COc1ccc(SCC2=C(C(=O)O)N3C(=O)[C@@](NC(=O)C(NC(N)=O)c4cccs4)(OC)C3SC2)[n+]([O-])n1. The third-order valence-corrected chi connectivity index (χ3v) is 9.06. The van der Waals surface area contributed by atoms with E-state index in [9.17, 15) is 29.5 Å². The van der Waals surface area contributed by atoms with E-state index in [2.05, 4.69) is 15.7 Å². The Hall–Kier alpha value is -3.54. The van der Waals surface area contributed by atoms with Crippen LogP contribution in [0.15, 0.2) is 45.9 Å². The molecule has 4 amide bonds. The Morgan fingerprint density at radius 2 is 2.16 bits per heavy atom. The van der Waals surface area contributed by atoms with Crippen LogP contribution in [0.5, 0.6) is 5.88 Å². The van der Waals surface area contributed by atoms with Gasteiger partial charge in [-0.05, 0) is 33.6 Å². The number of aromatic nitrogens is 2. The Bertz CT molecular complexity index is 1310. The Morgan fingerprint density at radius 1 is 1.39 bits per heavy atom. The summed E-state index contributed by atoms with van der Waals surface area (Å²) in [5.74, 6) is -2.49. The number of primary amides is 1. The van der Waals surface area contributed by atoms with Crippen LogP contribution in [0.3, 0.4) is 0 Å². The number of thioether (sulfide) groups is 2. The molecule has 0 spiro atoms. The predicted octanol–water partition coefficient (Wildman–Crippen LogP) is -0.000500. The maximum absolute atomic E-state index is 13.4. The van der Waals surface area contributed by atoms with Crippen molar-refractivity contribution in [3.63, 3.8) is 0 Å². The molecule has 17 heteroatoms. The average molecular weight is 583 g/mol. The van der Waals surface area contributed by atoms with Gasteiger partial charge in [0.25, 0.3) is 28.4 Å². The van der Waals surface area contributed by atoms with Gasteiger partial charge in [-0.3, -0.25) is 14.5 Å². The number of carboxylic acid groups (broad SMARTS) is 1. The summed E-state index contributed by atoms with van der Waals surface area (Å²) in [6.45, 7) is 0. The third-order valence-electron chi connectivity index (χ3n) is 5.67. The Kier molecular flexibility index (Phi) is 8.00. The second-order valence-electron chi connectivity index (χ2n) is 7.86. The molecule has 0 aromatic carbocycles. The number of fused-ring (bicyclic) bond motifs is 1. The van der Waals surface area contributed by atoms with Gasteiger partial charge in [0.05, 0.1) is 12.2 Å². The van der Waals surface area contributed by atoms with Gasteiger partial charge in [0, 0.05) is 35.6 Å². The average Bonchev–Trinajstić information content (AvgIpc) is 3.43. The molecule has 1 saturated heterocycles. The fourth-order valence-electron chi connectivity index (χ4n) is 3.92. The lowest BCUT2D eigenvalue weighted by atomic mass is 9.97. The quantitative estimate of drug-likeness (QED) is 0.0966. The number of carbonyl (C=O) groups is 4. The van der Waals surface area contributed by atoms with Crippen molar-refractivity contribution in [3.8, 4) is 5.88 Å². The number of β-lactam (4-membered cyclic amide) rings is 1. The van der Waals surface area contributed by atoms with Crippen molar-refractivity contribution in [2.45, 2.75) is 22.2 Å². The fourth-order valence-corrected chi connectivity index (χ4v) is 7.14. The zero-order chi connectivity index (χ0) is 27.6. The Labute approximate surface area is 228 Å². The molecule has 38 heavy (non-hydrogen) atoms. The summed E-state index contributed by atoms with van der Waals surface area (Å²) in [5, 5.41) is 31.7. The minimum absolute atomic E-state index is 0.0940. The molecule has 0 radical (unpaired) electrons. The summed E-state index contributed by atoms with van der Waals surface area (Å²) in [6, 6.07) is 4.17. The van der Waals surface area contributed by atoms with Crippen molar-refractivity contribution in [3.05, 3.63) is 51.0 Å². The van der Waals surface area contributed by atoms with Crippen LogP contribution in [0.1, 0.15) is 10.9 Å². The molecule has 2 aliphatic heterocycles. The van der Waals surface area contributed by atoms with E-state index >= 15 is 0 Å². The number of hydrogen-bond donors (Lipinski definition) is 4. The smallest absolute Gasteiger partial charge is 0.352 e. The number of nitrogens with one attached hydrogen (secondary N) is 2. The lowest BCUT2D eigenvalue weighted by Crippen LogP contribution is -2.81. The first kappa shape index (κ1) is 27.5. The molecule has 2 aromatic rings. The van der Waals surface area contributed by atoms with Crippen LogP contribution in [0.2, 0.25) is 0 Å². The van der Waals surface area contributed by atoms with E-state index in [1.165, 1.54) is 49.5 Å². The number of rotatable bonds is 10. The molecule has 2 aromatic heterocycles. The number of nitrogens with two attached hydrogens (primary N) is 1. The Morgan fingerprint density at radius 3 is 2.74 bits per heavy atom. The maximum atomic E-state index is 13.4. The fraction of sp³-hybridized carbons (Fsp3) is 0.333. The van der Waals surface area contributed by atoms with Crippen LogP contribution in [-0.4, -0.2) is 75.7 Å². The number of ether oxygens (including phenoxy) is 2. The van der Waals surface area contributed by atoms with Crippen LogP contribution < -0.4 is 25.9 Å². The van der Waals surface area contributed by atoms with Crippen molar-refractivity contribution < 1.29 is 38.6 Å². The minimum Gasteiger partial charge on any atom is -0.593 e. The van der Waals surface area contributed by atoms with Crippen molar-refractivity contribution in [2.75, 3.05) is 25.7 Å². The van der Waals surface area contributed by atoms with E-state index in [1.54, 1.807) is 17.5 Å². The van der Waals surface area contributed by atoms with Crippen molar-refractivity contribution in [1.29, 1.82) is 0 Å². The third kappa shape index (κ3) is 4.96. The number of aliphatic carboxylic acids is 1. The van der Waals surface area contributed by atoms with E-state index in [0.29, 0.717) is 15.3 Å². The van der Waals surface area contributed by atoms with Crippen LogP contribution in [0.25, 0.3) is 0 Å². The number of carboxylic acids is 1. The molecule has 4 rings (SSSR count). The normalized spacial score (nSPS) is 21.3. The second-order valence-corrected chi connectivity index (χ2v) is 10.9. The first-order valence-corrected chi connectivity index (χ1v) is 13.7. The molecule has 0 bridgehead atoms. The number of nitrogens with zero attached hydrogens (tertiary/aromatic N) is 3. The first-order valence-electron chi connectivity index (χ1n) is 10.8. The monoisotopic (exact) mass is 582 g/mol. The zero-order valence-electron chi connectivity index (χ0n) is 19.9. The summed E-state index contributed by atoms with van der Waals surface area (Å²) in [5.41, 5.74) is 3.51. The Balaban J connectivity index is 1.56. The van der Waals surface area contributed by atoms with Gasteiger partial charge in [0.15, 0.2) is 0 Å². The van der Waals surface area contributed by atoms with Crippen LogP contribution in [0, 0.1) is 5.21 Å². The topological polar surface area (TPSA) is 200 Å². The highest BCUT2D eigenvalue weighted by atomic mass is 32.2. The molecule has 4 heterocycles. The van der Waals surface area contributed by atoms with Crippen molar-refractivity contribution >= 4 is 58.7 Å². The largest absolute Gasteiger partial charge is 0.593 e. The number of methoxy groups -OCH3 is 2. The van der Waals surface area contributed by atoms with Crippen molar-refractivity contribution in [2.24, 2.45) is 5.73 Å². The molecule has 5 N–H and O–H groups in total. The second kappa shape index (κ2) is 11.1. The molecular formula is C21H22N6O8S3. The van der Waals surface area contributed by atoms with Gasteiger partial charge in [-0.1, -0.05) is 6.07 Å². The van der Waals surface area contributed by atoms with Gasteiger partial charge in [-0.2, -0.15) is 0 Å². The molecule has 14 nitrogen and oxygen atoms in total. The highest BCUT2D eigenvalue weighted by molar-refractivity contribution is 8.01. The highest BCUT2D eigenvalue weighted by Gasteiger charge is 2.67. The number of hydrogen-bond acceptors (Lipinski definition) is 11. The summed E-state index contributed by atoms with van der Waals surface area (Å²) >= 11 is 3.44. The molecule has 1 fully saturated rings. The lowest BCUT2D eigenvalue weighted by molar-refractivity contribution is -0.706. The van der Waals surface area contributed by atoms with Crippen LogP contribution in [0.4, 0.5) is 4.79 Å². The first-order chi connectivity index (χ1) is 18.1. The van der Waals surface area contributed by atoms with E-state index in [1.807, 2.05) is 0 Å². The molecule has 2 aliphatic rings. The lowest BCUT2D eigenvalue weighted by Gasteiger charge is -2.56. The maximum Gasteiger partial charge on any atom is 0.352 e. The van der Waals surface area contributed by atoms with E-state index in [0.717, 1.165) is 16.7 Å².